The SMILES string of the molecule is Cn1ncc2cc(-c3ccc(C4=NC5(CC5)C(O)N4CC4CN(C(=O)C5CC5)C4)cc3)cnc21. The molecule has 2 aliphatic carbocycles. The molecule has 1 amide bonds. The lowest BCUT2D eigenvalue weighted by Crippen LogP contribution is -2.56. The van der Waals surface area contributed by atoms with E-state index in [1.807, 2.05) is 24.3 Å². The summed E-state index contributed by atoms with van der Waals surface area (Å²) in [6, 6.07) is 10.5. The van der Waals surface area contributed by atoms with Gasteiger partial charge in [-0.3, -0.25) is 14.5 Å². The van der Waals surface area contributed by atoms with Gasteiger partial charge in [-0.15, -0.1) is 0 Å². The Morgan fingerprint density at radius 2 is 1.82 bits per heavy atom. The second-order valence-corrected chi connectivity index (χ2v) is 10.4. The Hall–Kier alpha value is -3.26. The molecule has 2 saturated carbocycles. The summed E-state index contributed by atoms with van der Waals surface area (Å²) in [7, 11) is 1.89. The van der Waals surface area contributed by atoms with Crippen LogP contribution in [0.4, 0.5) is 0 Å². The third kappa shape index (κ3) is 3.15. The summed E-state index contributed by atoms with van der Waals surface area (Å²) in [6.45, 7) is 2.32. The zero-order valence-corrected chi connectivity index (χ0v) is 19.3. The van der Waals surface area contributed by atoms with Crippen LogP contribution in [0.2, 0.25) is 0 Å². The molecular weight excluding hydrogens is 428 g/mol. The Morgan fingerprint density at radius 3 is 2.53 bits per heavy atom. The molecule has 1 saturated heterocycles. The van der Waals surface area contributed by atoms with Gasteiger partial charge in [0.2, 0.25) is 5.91 Å². The Morgan fingerprint density at radius 1 is 1.09 bits per heavy atom. The van der Waals surface area contributed by atoms with Gasteiger partial charge >= 0.3 is 0 Å². The van der Waals surface area contributed by atoms with Crippen molar-refractivity contribution < 1.29 is 9.90 Å². The molecule has 2 aromatic heterocycles. The van der Waals surface area contributed by atoms with Gasteiger partial charge in [-0.25, -0.2) is 4.98 Å². The first-order chi connectivity index (χ1) is 16.5. The highest BCUT2D eigenvalue weighted by Gasteiger charge is 2.57. The van der Waals surface area contributed by atoms with Crippen molar-refractivity contribution in [2.75, 3.05) is 19.6 Å². The van der Waals surface area contributed by atoms with Crippen molar-refractivity contribution in [3.8, 4) is 11.1 Å². The number of amidine groups is 1. The molecule has 0 radical (unpaired) electrons. The first kappa shape index (κ1) is 20.1. The molecule has 7 rings (SSSR count). The summed E-state index contributed by atoms with van der Waals surface area (Å²) in [5.74, 6) is 1.86. The van der Waals surface area contributed by atoms with Gasteiger partial charge in [0, 0.05) is 61.2 Å². The molecule has 2 aliphatic heterocycles. The maximum absolute atomic E-state index is 12.3. The summed E-state index contributed by atoms with van der Waals surface area (Å²) < 4.78 is 1.78. The van der Waals surface area contributed by atoms with Crippen LogP contribution in [-0.2, 0) is 11.8 Å². The second-order valence-electron chi connectivity index (χ2n) is 10.4. The lowest BCUT2D eigenvalue weighted by atomic mass is 9.97. The topological polar surface area (TPSA) is 86.9 Å². The second kappa shape index (κ2) is 7.12. The molecule has 3 fully saturated rings. The number of aryl methyl sites for hydroxylation is 1. The number of carbonyl (C=O) groups excluding carboxylic acids is 1. The highest BCUT2D eigenvalue weighted by Crippen LogP contribution is 2.49. The number of aliphatic hydroxyl groups excluding tert-OH is 1. The van der Waals surface area contributed by atoms with Crippen molar-refractivity contribution in [3.05, 3.63) is 48.3 Å². The quantitative estimate of drug-likeness (QED) is 0.637. The number of pyridine rings is 1. The molecular formula is C26H28N6O2. The largest absolute Gasteiger partial charge is 0.371 e. The summed E-state index contributed by atoms with van der Waals surface area (Å²) in [5.41, 5.74) is 3.69. The van der Waals surface area contributed by atoms with Crippen LogP contribution in [0.1, 0.15) is 31.2 Å². The fourth-order valence-corrected chi connectivity index (χ4v) is 5.40. The number of nitrogens with zero attached hydrogens (tertiary/aromatic N) is 6. The van der Waals surface area contributed by atoms with Gasteiger partial charge in [-0.1, -0.05) is 24.3 Å². The van der Waals surface area contributed by atoms with Crippen molar-refractivity contribution in [1.82, 2.24) is 24.6 Å². The Labute approximate surface area is 197 Å². The average Bonchev–Trinajstić information content (AvgIpc) is 3.75. The number of aliphatic imine (C=N–C) groups is 1. The van der Waals surface area contributed by atoms with Crippen molar-refractivity contribution in [2.45, 2.75) is 37.5 Å². The number of hydrogen-bond acceptors (Lipinski definition) is 6. The van der Waals surface area contributed by atoms with Crippen LogP contribution in [0, 0.1) is 11.8 Å². The molecule has 1 unspecified atom stereocenters. The molecule has 1 N–H and O–H groups in total. The minimum atomic E-state index is -0.576. The van der Waals surface area contributed by atoms with E-state index >= 15 is 0 Å². The van der Waals surface area contributed by atoms with Crippen LogP contribution in [0.15, 0.2) is 47.7 Å². The van der Waals surface area contributed by atoms with E-state index in [1.54, 1.807) is 4.68 Å². The number of fused-ring (bicyclic) bond motifs is 1. The van der Waals surface area contributed by atoms with Gasteiger partial charge in [0.1, 0.15) is 11.4 Å². The average molecular weight is 457 g/mol. The molecule has 1 spiro atoms. The molecule has 3 aromatic rings. The normalized spacial score (nSPS) is 23.5. The zero-order chi connectivity index (χ0) is 23.0. The van der Waals surface area contributed by atoms with Gasteiger partial charge in [0.25, 0.3) is 0 Å². The van der Waals surface area contributed by atoms with E-state index in [9.17, 15) is 9.90 Å². The third-order valence-electron chi connectivity index (χ3n) is 7.84. The molecule has 0 bridgehead atoms. The molecule has 4 heterocycles. The van der Waals surface area contributed by atoms with Crippen LogP contribution in [-0.4, -0.2) is 72.8 Å². The van der Waals surface area contributed by atoms with Crippen LogP contribution in [0.25, 0.3) is 22.2 Å². The number of hydrogen-bond donors (Lipinski definition) is 1. The van der Waals surface area contributed by atoms with Gasteiger partial charge in [0.05, 0.1) is 6.20 Å². The number of amides is 1. The summed E-state index contributed by atoms with van der Waals surface area (Å²) >= 11 is 0. The number of likely N-dealkylation sites (tertiary alicyclic amines) is 1. The minimum absolute atomic E-state index is 0.276. The number of carbonyl (C=O) groups is 1. The van der Waals surface area contributed by atoms with Gasteiger partial charge in [0.15, 0.2) is 11.9 Å². The zero-order valence-electron chi connectivity index (χ0n) is 19.3. The van der Waals surface area contributed by atoms with E-state index < -0.39 is 6.23 Å². The fraction of sp³-hybridized carbons (Fsp3) is 0.462. The minimum Gasteiger partial charge on any atom is -0.371 e. The third-order valence-corrected chi connectivity index (χ3v) is 7.84. The Balaban J connectivity index is 1.11. The Bertz CT molecular complexity index is 1310. The van der Waals surface area contributed by atoms with E-state index in [1.165, 1.54) is 0 Å². The number of benzene rings is 1. The van der Waals surface area contributed by atoms with Crippen LogP contribution >= 0.6 is 0 Å². The van der Waals surface area contributed by atoms with E-state index in [2.05, 4.69) is 45.3 Å². The number of aliphatic hydroxyl groups is 1. The van der Waals surface area contributed by atoms with Gasteiger partial charge < -0.3 is 14.9 Å². The van der Waals surface area contributed by atoms with E-state index in [0.29, 0.717) is 11.8 Å². The summed E-state index contributed by atoms with van der Waals surface area (Å²) in [5, 5.41) is 16.4. The highest BCUT2D eigenvalue weighted by atomic mass is 16.3. The maximum atomic E-state index is 12.3. The smallest absolute Gasteiger partial charge is 0.225 e. The maximum Gasteiger partial charge on any atom is 0.225 e. The van der Waals surface area contributed by atoms with Crippen LogP contribution < -0.4 is 0 Å². The van der Waals surface area contributed by atoms with Crippen LogP contribution in [0.5, 0.6) is 0 Å². The molecule has 34 heavy (non-hydrogen) atoms. The van der Waals surface area contributed by atoms with E-state index in [0.717, 1.165) is 78.9 Å². The first-order valence-electron chi connectivity index (χ1n) is 12.2. The van der Waals surface area contributed by atoms with Crippen molar-refractivity contribution >= 4 is 22.8 Å². The molecule has 8 heteroatoms. The van der Waals surface area contributed by atoms with Crippen LogP contribution in [0.3, 0.4) is 0 Å². The first-order valence-corrected chi connectivity index (χ1v) is 12.2. The van der Waals surface area contributed by atoms with Gasteiger partial charge in [-0.05, 0) is 37.3 Å². The standard InChI is InChI=1S/C26H28N6O2/c1-30-22-21(12-28-30)10-20(11-27-22)17-2-4-18(5-3-17)23-29-26(8-9-26)25(34)32(23)15-16-13-31(14-16)24(33)19-6-7-19/h2-5,10-12,16,19,25,34H,6-9,13-15H2,1H3. The predicted molar refractivity (Wildman–Crippen MR) is 128 cm³/mol. The van der Waals surface area contributed by atoms with E-state index in [-0.39, 0.29) is 11.5 Å². The predicted octanol–water partition coefficient (Wildman–Crippen LogP) is 2.42. The lowest BCUT2D eigenvalue weighted by Gasteiger charge is -2.42. The summed E-state index contributed by atoms with van der Waals surface area (Å²) in [4.78, 5) is 25.9. The van der Waals surface area contributed by atoms with Crippen molar-refractivity contribution in [1.29, 1.82) is 0 Å². The molecule has 1 atom stereocenters. The molecule has 1 aromatic carbocycles. The number of aromatic nitrogens is 3. The monoisotopic (exact) mass is 456 g/mol. The van der Waals surface area contributed by atoms with E-state index in [4.69, 9.17) is 4.99 Å². The molecule has 174 valence electrons. The highest BCUT2D eigenvalue weighted by molar-refractivity contribution is 6.01. The van der Waals surface area contributed by atoms with Crippen molar-refractivity contribution in [2.24, 2.45) is 23.9 Å². The Kier molecular flexibility index (Phi) is 4.22. The number of rotatable bonds is 5. The van der Waals surface area contributed by atoms with Crippen molar-refractivity contribution in [3.63, 3.8) is 0 Å². The molecule has 8 nitrogen and oxygen atoms in total. The van der Waals surface area contributed by atoms with Gasteiger partial charge in [-0.2, -0.15) is 5.10 Å². The summed E-state index contributed by atoms with van der Waals surface area (Å²) in [6.07, 6.45) is 7.10. The fourth-order valence-electron chi connectivity index (χ4n) is 5.40. The molecule has 4 aliphatic rings. The lowest BCUT2D eigenvalue weighted by molar-refractivity contribution is -0.139.